The minimum Gasteiger partial charge on any atom is -0.480 e. The fourth-order valence-corrected chi connectivity index (χ4v) is 2.52. The van der Waals surface area contributed by atoms with Crippen LogP contribution in [0.25, 0.3) is 0 Å². The van der Waals surface area contributed by atoms with Crippen LogP contribution in [0, 0.1) is 5.41 Å². The minimum absolute atomic E-state index is 0.0556. The third-order valence-electron chi connectivity index (χ3n) is 2.35. The van der Waals surface area contributed by atoms with Gasteiger partial charge in [0, 0.05) is 6.42 Å². The van der Waals surface area contributed by atoms with E-state index >= 15 is 0 Å². The van der Waals surface area contributed by atoms with Crippen LogP contribution in [-0.4, -0.2) is 34.2 Å². The molecule has 0 aliphatic carbocycles. The molecule has 0 aliphatic heterocycles. The maximum absolute atomic E-state index is 12.6. The van der Waals surface area contributed by atoms with Crippen LogP contribution in [0.1, 0.15) is 33.6 Å². The lowest BCUT2D eigenvalue weighted by Crippen LogP contribution is -2.36. The zero-order valence-corrected chi connectivity index (χ0v) is 11.7. The van der Waals surface area contributed by atoms with Gasteiger partial charge in [-0.1, -0.05) is 20.8 Å². The van der Waals surface area contributed by atoms with Gasteiger partial charge in [-0.3, -0.25) is 4.79 Å². The first-order valence-electron chi connectivity index (χ1n) is 5.58. The van der Waals surface area contributed by atoms with E-state index in [2.05, 4.69) is 0 Å². The third-order valence-corrected chi connectivity index (χ3v) is 4.11. The second-order valence-electron chi connectivity index (χ2n) is 5.26. The SMILES string of the molecule is CC(C)(C)C(SCCCC(F)(F)C(F)(F)F)C(=O)O. The lowest BCUT2D eigenvalue weighted by molar-refractivity contribution is -0.284. The van der Waals surface area contributed by atoms with Crippen LogP contribution in [0.2, 0.25) is 0 Å². The van der Waals surface area contributed by atoms with Gasteiger partial charge < -0.3 is 5.11 Å². The van der Waals surface area contributed by atoms with E-state index in [0.29, 0.717) is 0 Å². The molecule has 2 nitrogen and oxygen atoms in total. The Morgan fingerprint density at radius 1 is 1.16 bits per heavy atom. The van der Waals surface area contributed by atoms with Crippen molar-refractivity contribution in [1.82, 2.24) is 0 Å². The highest BCUT2D eigenvalue weighted by molar-refractivity contribution is 8.00. The molecule has 8 heteroatoms. The van der Waals surface area contributed by atoms with Gasteiger partial charge in [-0.15, -0.1) is 11.8 Å². The normalized spacial score (nSPS) is 15.4. The predicted octanol–water partition coefficient (Wildman–Crippen LogP) is 4.20. The van der Waals surface area contributed by atoms with Crippen LogP contribution in [0.4, 0.5) is 22.0 Å². The van der Waals surface area contributed by atoms with E-state index in [1.165, 1.54) is 0 Å². The first-order valence-corrected chi connectivity index (χ1v) is 6.63. The van der Waals surface area contributed by atoms with Crippen molar-refractivity contribution in [2.75, 3.05) is 5.75 Å². The lowest BCUT2D eigenvalue weighted by atomic mass is 9.92. The molecular formula is C11H17F5O2S. The summed E-state index contributed by atoms with van der Waals surface area (Å²) in [7, 11) is 0. The molecule has 0 saturated heterocycles. The molecule has 0 amide bonds. The number of aliphatic carboxylic acids is 1. The van der Waals surface area contributed by atoms with Crippen LogP contribution in [-0.2, 0) is 4.79 Å². The van der Waals surface area contributed by atoms with E-state index in [-0.39, 0.29) is 5.75 Å². The maximum atomic E-state index is 12.6. The molecule has 0 aromatic carbocycles. The fraction of sp³-hybridized carbons (Fsp3) is 0.909. The van der Waals surface area contributed by atoms with Crippen LogP contribution in [0.5, 0.6) is 0 Å². The van der Waals surface area contributed by atoms with Gasteiger partial charge in [0.1, 0.15) is 5.25 Å². The molecule has 0 heterocycles. The summed E-state index contributed by atoms with van der Waals surface area (Å²) in [6.45, 7) is 5.01. The van der Waals surface area contributed by atoms with Crippen LogP contribution in [0.15, 0.2) is 0 Å². The smallest absolute Gasteiger partial charge is 0.453 e. The lowest BCUT2D eigenvalue weighted by Gasteiger charge is -2.26. The molecule has 0 bridgehead atoms. The van der Waals surface area contributed by atoms with Crippen molar-refractivity contribution in [3.05, 3.63) is 0 Å². The number of carboxylic acid groups (broad SMARTS) is 1. The molecule has 0 spiro atoms. The monoisotopic (exact) mass is 308 g/mol. The Balaban J connectivity index is 4.28. The number of carbonyl (C=O) groups is 1. The molecule has 0 rings (SSSR count). The Labute approximate surface area is 112 Å². The molecule has 0 aromatic heterocycles. The van der Waals surface area contributed by atoms with E-state index < -0.39 is 41.6 Å². The molecule has 1 unspecified atom stereocenters. The van der Waals surface area contributed by atoms with E-state index in [1.54, 1.807) is 20.8 Å². The van der Waals surface area contributed by atoms with Crippen LogP contribution in [0.3, 0.4) is 0 Å². The van der Waals surface area contributed by atoms with Gasteiger partial charge >= 0.3 is 18.1 Å². The van der Waals surface area contributed by atoms with Crippen molar-refractivity contribution < 1.29 is 31.9 Å². The molecule has 0 aromatic rings. The Kier molecular flexibility index (Phi) is 6.10. The van der Waals surface area contributed by atoms with Crippen molar-refractivity contribution in [3.63, 3.8) is 0 Å². The number of hydrogen-bond acceptors (Lipinski definition) is 2. The van der Waals surface area contributed by atoms with Crippen LogP contribution >= 0.6 is 11.8 Å². The number of hydrogen-bond donors (Lipinski definition) is 1. The van der Waals surface area contributed by atoms with Gasteiger partial charge in [0.05, 0.1) is 0 Å². The number of rotatable bonds is 6. The quantitative estimate of drug-likeness (QED) is 0.590. The number of carboxylic acids is 1. The highest BCUT2D eigenvalue weighted by Crippen LogP contribution is 2.39. The molecule has 0 aliphatic rings. The minimum atomic E-state index is -5.55. The summed E-state index contributed by atoms with van der Waals surface area (Å²) < 4.78 is 60.9. The van der Waals surface area contributed by atoms with Crippen molar-refractivity contribution in [3.8, 4) is 0 Å². The Morgan fingerprint density at radius 3 is 1.95 bits per heavy atom. The predicted molar refractivity (Wildman–Crippen MR) is 63.6 cm³/mol. The summed E-state index contributed by atoms with van der Waals surface area (Å²) in [5.41, 5.74) is -0.594. The van der Waals surface area contributed by atoms with Gasteiger partial charge in [-0.25, -0.2) is 0 Å². The molecule has 0 saturated carbocycles. The zero-order chi connectivity index (χ0) is 15.5. The second kappa shape index (κ2) is 6.28. The van der Waals surface area contributed by atoms with E-state index in [4.69, 9.17) is 5.11 Å². The van der Waals surface area contributed by atoms with Crippen LogP contribution < -0.4 is 0 Å². The third kappa shape index (κ3) is 5.97. The van der Waals surface area contributed by atoms with E-state index in [9.17, 15) is 26.7 Å². The summed E-state index contributed by atoms with van der Waals surface area (Å²) in [5, 5.41) is 8.11. The number of alkyl halides is 5. The summed E-state index contributed by atoms with van der Waals surface area (Å²) in [4.78, 5) is 10.9. The molecule has 0 radical (unpaired) electrons. The zero-order valence-electron chi connectivity index (χ0n) is 10.9. The maximum Gasteiger partial charge on any atom is 0.453 e. The average molecular weight is 308 g/mol. The Morgan fingerprint density at radius 2 is 1.63 bits per heavy atom. The molecular weight excluding hydrogens is 291 g/mol. The number of thioether (sulfide) groups is 1. The first kappa shape index (κ1) is 18.5. The van der Waals surface area contributed by atoms with Crippen molar-refractivity contribution in [2.24, 2.45) is 5.41 Å². The van der Waals surface area contributed by atoms with E-state index in [0.717, 1.165) is 11.8 Å². The fourth-order valence-electron chi connectivity index (χ4n) is 1.33. The summed E-state index contributed by atoms with van der Waals surface area (Å²) in [6, 6.07) is 0. The van der Waals surface area contributed by atoms with Crippen molar-refractivity contribution in [1.29, 1.82) is 0 Å². The topological polar surface area (TPSA) is 37.3 Å². The summed E-state index contributed by atoms with van der Waals surface area (Å²) >= 11 is 0.888. The Bertz CT molecular complexity index is 309. The van der Waals surface area contributed by atoms with Gasteiger partial charge in [0.2, 0.25) is 0 Å². The molecule has 1 N–H and O–H groups in total. The molecule has 19 heavy (non-hydrogen) atoms. The highest BCUT2D eigenvalue weighted by atomic mass is 32.2. The molecule has 1 atom stereocenters. The average Bonchev–Trinajstić information content (AvgIpc) is 2.12. The second-order valence-corrected chi connectivity index (χ2v) is 6.47. The molecule has 114 valence electrons. The van der Waals surface area contributed by atoms with Gasteiger partial charge in [0.15, 0.2) is 0 Å². The highest BCUT2D eigenvalue weighted by Gasteiger charge is 2.56. The first-order chi connectivity index (χ1) is 8.29. The Hall–Kier alpha value is -0.530. The van der Waals surface area contributed by atoms with Crippen molar-refractivity contribution in [2.45, 2.75) is 51.0 Å². The van der Waals surface area contributed by atoms with Gasteiger partial charge in [-0.05, 0) is 17.6 Å². The van der Waals surface area contributed by atoms with Crippen molar-refractivity contribution >= 4 is 17.7 Å². The molecule has 0 fully saturated rings. The van der Waals surface area contributed by atoms with Gasteiger partial charge in [-0.2, -0.15) is 22.0 Å². The summed E-state index contributed by atoms with van der Waals surface area (Å²) in [6.07, 6.45) is -7.26. The number of halogens is 5. The largest absolute Gasteiger partial charge is 0.480 e. The standard InChI is InChI=1S/C11H17F5O2S/c1-9(2,3)7(8(17)18)19-6-4-5-10(12,13)11(14,15)16/h7H,4-6H2,1-3H3,(H,17,18). The van der Waals surface area contributed by atoms with E-state index in [1.807, 2.05) is 0 Å². The van der Waals surface area contributed by atoms with Gasteiger partial charge in [0.25, 0.3) is 0 Å². The summed E-state index contributed by atoms with van der Waals surface area (Å²) in [5.74, 6) is -5.87.